The molecule has 12 nitrogen and oxygen atoms in total. The summed E-state index contributed by atoms with van der Waals surface area (Å²) in [5, 5.41) is 12.9. The fourth-order valence-electron chi connectivity index (χ4n) is 2.96. The number of thiol groups is 1. The monoisotopic (exact) mass is 723 g/mol. The number of hydrogen-bond donors (Lipinski definition) is 6. The molecule has 3 aliphatic heterocycles. The molecular weight excluding hydrogens is 668 g/mol. The molecule has 3 heterocycles. The molecule has 1 unspecified atom stereocenters. The van der Waals surface area contributed by atoms with E-state index in [-0.39, 0.29) is 79.0 Å². The number of hydrogen-bond acceptors (Lipinski definition) is 11. The molecule has 0 saturated carbocycles. The first-order valence-corrected chi connectivity index (χ1v) is 15.2. The van der Waals surface area contributed by atoms with E-state index < -0.39 is 10.9 Å². The van der Waals surface area contributed by atoms with Crippen molar-refractivity contribution < 1.29 is 54.4 Å². The second-order valence-corrected chi connectivity index (χ2v) is 10.2. The zero-order chi connectivity index (χ0) is 27.4. The predicted octanol–water partition coefficient (Wildman–Crippen LogP) is -2.13. The van der Waals surface area contributed by atoms with Crippen molar-refractivity contribution in [1.82, 2.24) is 14.7 Å². The summed E-state index contributed by atoms with van der Waals surface area (Å²) < 4.78 is 22.7. The van der Waals surface area contributed by atoms with E-state index in [2.05, 4.69) is 51.0 Å². The summed E-state index contributed by atoms with van der Waals surface area (Å²) in [4.78, 5) is 6.98. The van der Waals surface area contributed by atoms with Crippen LogP contribution in [0.1, 0.15) is 14.4 Å². The summed E-state index contributed by atoms with van der Waals surface area (Å²) in [6, 6.07) is 0. The Morgan fingerprint density at radius 1 is 0.878 bits per heavy atom. The van der Waals surface area contributed by atoms with Crippen molar-refractivity contribution in [1.29, 1.82) is 4.78 Å². The number of morpholine rings is 3. The van der Waals surface area contributed by atoms with Crippen LogP contribution in [0.3, 0.4) is 0 Å². The number of ether oxygens (including phenoxy) is 3. The second kappa shape index (κ2) is 46.1. The molecule has 41 heavy (non-hydrogen) atoms. The van der Waals surface area contributed by atoms with E-state index in [1.165, 1.54) is 0 Å². The standard InChI is InChI=1S/C6H12ClNO.C6H15N3OS.C6H13NOS.C2H6O.CH4N2S.CH4.2ClH.Na.H2O/c7-1-2-8-3-5-9-6-4-8;7-11(8)6-3-9-1-4-10-5-2-9;9-6-3-7-1-4-8-5-2-7;1-2-3;2-1(3)4;;;;;/h1-6H2;1-6H2,(H3,7,8);9H,1-6H2;3H,2H2,1H3;(H4,2,3,4);1H4;2*1H;;1H2/q;;;;;;;;+1;/p-1. The zero-order valence-electron chi connectivity index (χ0n) is 24.1. The van der Waals surface area contributed by atoms with Crippen LogP contribution in [0, 0.1) is 4.78 Å². The molecule has 0 aromatic carbocycles. The summed E-state index contributed by atoms with van der Waals surface area (Å²) >= 11 is 13.8. The number of aliphatic hydroxyl groups is 1. The number of alkyl halides is 1. The van der Waals surface area contributed by atoms with Crippen LogP contribution in [0.5, 0.6) is 0 Å². The van der Waals surface area contributed by atoms with Crippen LogP contribution in [0.25, 0.3) is 0 Å². The van der Waals surface area contributed by atoms with Gasteiger partial charge >= 0.3 is 29.6 Å². The molecule has 0 aliphatic carbocycles. The van der Waals surface area contributed by atoms with Gasteiger partial charge in [-0.25, -0.2) is 0 Å². The molecule has 0 bridgehead atoms. The summed E-state index contributed by atoms with van der Waals surface area (Å²) in [5.41, 5.74) is 9.24. The van der Waals surface area contributed by atoms with Crippen LogP contribution in [-0.4, -0.2) is 153 Å². The summed E-state index contributed by atoms with van der Waals surface area (Å²) in [5.74, 6) is 2.49. The Bertz CT molecular complexity index is 492. The van der Waals surface area contributed by atoms with Crippen LogP contribution >= 0.6 is 61.3 Å². The topological polar surface area (TPSA) is 190 Å². The third-order valence-corrected chi connectivity index (χ3v) is 5.75. The molecule has 250 valence electrons. The molecule has 3 rings (SSSR count). The smallest absolute Gasteiger partial charge is 0.870 e. The van der Waals surface area contributed by atoms with Crippen molar-refractivity contribution in [3.05, 3.63) is 0 Å². The van der Waals surface area contributed by atoms with E-state index >= 15 is 0 Å². The first-order chi connectivity index (χ1) is 17.3. The molecule has 0 aromatic rings. The number of nitrogens with one attached hydrogen (secondary N) is 1. The molecule has 0 radical (unpaired) electrons. The zero-order valence-corrected chi connectivity index (χ0v) is 31.0. The van der Waals surface area contributed by atoms with E-state index in [4.69, 9.17) is 40.8 Å². The van der Waals surface area contributed by atoms with Crippen LogP contribution in [-0.2, 0) is 25.1 Å². The van der Waals surface area contributed by atoms with Gasteiger partial charge in [0.15, 0.2) is 5.11 Å². The minimum absolute atomic E-state index is 0. The average molecular weight is 725 g/mol. The van der Waals surface area contributed by atoms with Gasteiger partial charge in [-0.2, -0.15) is 12.6 Å². The average Bonchev–Trinajstić information content (AvgIpc) is 2.86. The fourth-order valence-corrected chi connectivity index (χ4v) is 3.94. The van der Waals surface area contributed by atoms with Gasteiger partial charge in [-0.15, -0.1) is 36.4 Å². The Labute approximate surface area is 302 Å². The molecule has 0 aromatic heterocycles. The number of halogens is 3. The van der Waals surface area contributed by atoms with Crippen molar-refractivity contribution in [2.24, 2.45) is 16.6 Å². The Balaban J connectivity index is -0.0000000723. The van der Waals surface area contributed by atoms with Crippen LogP contribution < -0.4 is 46.2 Å². The first-order valence-electron chi connectivity index (χ1n) is 12.2. The van der Waals surface area contributed by atoms with Crippen molar-refractivity contribution in [2.75, 3.05) is 123 Å². The Morgan fingerprint density at radius 3 is 1.39 bits per heavy atom. The second-order valence-electron chi connectivity index (χ2n) is 7.63. The van der Waals surface area contributed by atoms with Crippen molar-refractivity contribution in [3.8, 4) is 0 Å². The number of thiocarbonyl (C=S) groups is 1. The number of rotatable bonds is 7. The van der Waals surface area contributed by atoms with E-state index in [1.807, 2.05) is 0 Å². The summed E-state index contributed by atoms with van der Waals surface area (Å²) in [6.45, 7) is 16.4. The molecule has 0 amide bonds. The number of nitrogens with two attached hydrogens (primary N) is 3. The molecule has 3 fully saturated rings. The molecule has 19 heteroatoms. The third kappa shape index (κ3) is 48.8. The largest absolute Gasteiger partial charge is 1.00 e. The van der Waals surface area contributed by atoms with Gasteiger partial charge in [0, 0.05) is 82.9 Å². The normalized spacial score (nSPS) is 17.1. The van der Waals surface area contributed by atoms with Gasteiger partial charge in [0.25, 0.3) is 0 Å². The SMILES string of the molecule is C.CCO.Cl.Cl.ClCCN1CCOCC1.N=S(N)CCN1CCOCC1.NC(N)=S.SCCN1CCOCC1.[Na+].[OH-]. The van der Waals surface area contributed by atoms with Gasteiger partial charge in [0.05, 0.1) is 39.6 Å². The van der Waals surface area contributed by atoms with Gasteiger partial charge in [-0.3, -0.25) is 24.6 Å². The van der Waals surface area contributed by atoms with Gasteiger partial charge in [0.1, 0.15) is 0 Å². The maximum Gasteiger partial charge on any atom is 1.00 e. The minimum atomic E-state index is -0.650. The molecule has 9 N–H and O–H groups in total. The van der Waals surface area contributed by atoms with E-state index in [1.54, 1.807) is 6.92 Å². The summed E-state index contributed by atoms with van der Waals surface area (Å²) in [7, 11) is -0.650. The van der Waals surface area contributed by atoms with Gasteiger partial charge in [-0.1, -0.05) is 7.43 Å². The van der Waals surface area contributed by atoms with Gasteiger partial charge < -0.3 is 36.3 Å². The quantitative estimate of drug-likeness (QED) is 0.0726. The number of nitrogens with zero attached hydrogens (tertiary/aromatic N) is 3. The summed E-state index contributed by atoms with van der Waals surface area (Å²) in [6.07, 6.45) is 0. The molecule has 1 atom stereocenters. The van der Waals surface area contributed by atoms with Crippen molar-refractivity contribution in [3.63, 3.8) is 0 Å². The van der Waals surface area contributed by atoms with Crippen LogP contribution in [0.2, 0.25) is 0 Å². The maximum atomic E-state index is 7.57. The molecule has 3 saturated heterocycles. The van der Waals surface area contributed by atoms with Crippen LogP contribution in [0.15, 0.2) is 0 Å². The Morgan fingerprint density at radius 2 is 1.15 bits per heavy atom. The van der Waals surface area contributed by atoms with E-state index in [0.29, 0.717) is 0 Å². The van der Waals surface area contributed by atoms with E-state index in [9.17, 15) is 0 Å². The molecule has 3 aliphatic rings. The Kier molecular flexibility index (Phi) is 65.5. The van der Waals surface area contributed by atoms with Crippen molar-refractivity contribution >= 4 is 77.3 Å². The molecule has 0 spiro atoms. The molecular formula is C22H57Cl3N7NaO5S3. The first kappa shape index (κ1) is 58.3. The fraction of sp³-hybridized carbons (Fsp3) is 0.955. The van der Waals surface area contributed by atoms with E-state index in [0.717, 1.165) is 116 Å². The minimum Gasteiger partial charge on any atom is -0.870 e. The van der Waals surface area contributed by atoms with Crippen LogP contribution in [0.4, 0.5) is 0 Å². The van der Waals surface area contributed by atoms with Crippen molar-refractivity contribution in [2.45, 2.75) is 14.4 Å². The maximum absolute atomic E-state index is 7.57. The van der Waals surface area contributed by atoms with Gasteiger partial charge in [-0.05, 0) is 30.0 Å². The predicted molar refractivity (Wildman–Crippen MR) is 182 cm³/mol. The van der Waals surface area contributed by atoms with Gasteiger partial charge in [0.2, 0.25) is 0 Å². The third-order valence-electron chi connectivity index (χ3n) is 4.76. The number of aliphatic hydroxyl groups excluding tert-OH is 1. The Hall–Kier alpha value is 1.70.